The third kappa shape index (κ3) is 4.98. The fourth-order valence-electron chi connectivity index (χ4n) is 1.49. The van der Waals surface area contributed by atoms with Crippen LogP contribution in [0.2, 0.25) is 0 Å². The smallest absolute Gasteiger partial charge is 0.234 e. The van der Waals surface area contributed by atoms with Gasteiger partial charge >= 0.3 is 0 Å². The van der Waals surface area contributed by atoms with Crippen molar-refractivity contribution in [3.05, 3.63) is 28.2 Å². The van der Waals surface area contributed by atoms with Crippen LogP contribution in [0.4, 0.5) is 10.8 Å². The minimum atomic E-state index is -0.0593. The van der Waals surface area contributed by atoms with Crippen molar-refractivity contribution in [2.24, 2.45) is 0 Å². The zero-order valence-electron chi connectivity index (χ0n) is 11.6. The van der Waals surface area contributed by atoms with Crippen molar-refractivity contribution in [3.63, 3.8) is 0 Å². The lowest BCUT2D eigenvalue weighted by atomic mass is 10.2. The summed E-state index contributed by atoms with van der Waals surface area (Å²) in [7, 11) is 0. The normalized spacial score (nSPS) is 10.4. The fourth-order valence-corrected chi connectivity index (χ4v) is 3.48. The molecule has 21 heavy (non-hydrogen) atoms. The second kappa shape index (κ2) is 7.77. The van der Waals surface area contributed by atoms with Gasteiger partial charge in [0.25, 0.3) is 0 Å². The van der Waals surface area contributed by atoms with Crippen molar-refractivity contribution in [3.8, 4) is 0 Å². The molecule has 0 atom stereocenters. The van der Waals surface area contributed by atoms with Gasteiger partial charge in [-0.1, -0.05) is 45.1 Å². The van der Waals surface area contributed by atoms with E-state index >= 15 is 0 Å². The summed E-state index contributed by atoms with van der Waals surface area (Å²) in [6, 6.07) is 5.74. The number of aromatic nitrogens is 2. The highest BCUT2D eigenvalue weighted by Gasteiger charge is 2.08. The summed E-state index contributed by atoms with van der Waals surface area (Å²) in [4.78, 5) is 11.9. The van der Waals surface area contributed by atoms with Gasteiger partial charge in [-0.05, 0) is 31.5 Å². The molecule has 0 spiro atoms. The quantitative estimate of drug-likeness (QED) is 0.739. The van der Waals surface area contributed by atoms with Crippen molar-refractivity contribution in [1.82, 2.24) is 10.2 Å². The number of anilines is 2. The highest BCUT2D eigenvalue weighted by molar-refractivity contribution is 9.10. The summed E-state index contributed by atoms with van der Waals surface area (Å²) in [6.07, 6.45) is 0. The van der Waals surface area contributed by atoms with Gasteiger partial charge in [0.05, 0.1) is 5.75 Å². The molecule has 0 aliphatic carbocycles. The summed E-state index contributed by atoms with van der Waals surface area (Å²) in [5.41, 5.74) is 1.91. The molecule has 0 aliphatic heterocycles. The number of halogens is 1. The zero-order valence-corrected chi connectivity index (χ0v) is 14.9. The Morgan fingerprint density at radius 3 is 2.95 bits per heavy atom. The summed E-state index contributed by atoms with van der Waals surface area (Å²) in [5, 5.41) is 14.7. The number of rotatable bonds is 6. The van der Waals surface area contributed by atoms with Crippen LogP contribution in [0.15, 0.2) is 27.0 Å². The molecule has 1 amide bonds. The molecule has 0 fully saturated rings. The first-order valence-electron chi connectivity index (χ1n) is 6.34. The first kappa shape index (κ1) is 16.3. The average Bonchev–Trinajstić information content (AvgIpc) is 2.89. The average molecular weight is 387 g/mol. The summed E-state index contributed by atoms with van der Waals surface area (Å²) in [5.74, 6) is 0.252. The van der Waals surface area contributed by atoms with E-state index in [0.717, 1.165) is 31.7 Å². The molecule has 1 aromatic heterocycles. The molecule has 2 aromatic rings. The van der Waals surface area contributed by atoms with Gasteiger partial charge in [-0.15, -0.1) is 10.2 Å². The van der Waals surface area contributed by atoms with Gasteiger partial charge in [0, 0.05) is 16.7 Å². The fraction of sp³-hybridized carbons (Fsp3) is 0.308. The van der Waals surface area contributed by atoms with Gasteiger partial charge in [-0.3, -0.25) is 4.79 Å². The number of nitrogens with zero attached hydrogens (tertiary/aromatic N) is 2. The molecule has 0 saturated carbocycles. The molecule has 1 aromatic carbocycles. The summed E-state index contributed by atoms with van der Waals surface area (Å²) in [6.45, 7) is 4.81. The van der Waals surface area contributed by atoms with Gasteiger partial charge in [0.1, 0.15) is 0 Å². The van der Waals surface area contributed by atoms with Gasteiger partial charge in [0.2, 0.25) is 11.0 Å². The Kier molecular flexibility index (Phi) is 6.01. The third-order valence-electron chi connectivity index (χ3n) is 2.52. The van der Waals surface area contributed by atoms with Crippen LogP contribution in [0.25, 0.3) is 0 Å². The molecule has 0 radical (unpaired) electrons. The molecule has 8 heteroatoms. The Morgan fingerprint density at radius 1 is 1.43 bits per heavy atom. The zero-order chi connectivity index (χ0) is 15.2. The van der Waals surface area contributed by atoms with E-state index in [1.807, 2.05) is 32.0 Å². The lowest BCUT2D eigenvalue weighted by molar-refractivity contribution is -0.113. The van der Waals surface area contributed by atoms with Crippen LogP contribution in [-0.4, -0.2) is 28.4 Å². The van der Waals surface area contributed by atoms with Crippen LogP contribution in [0, 0.1) is 6.92 Å². The molecular formula is C13H15BrN4OS2. The van der Waals surface area contributed by atoms with Crippen LogP contribution in [-0.2, 0) is 4.79 Å². The maximum atomic E-state index is 11.9. The van der Waals surface area contributed by atoms with E-state index in [1.165, 1.54) is 23.1 Å². The molecule has 1 heterocycles. The van der Waals surface area contributed by atoms with Crippen LogP contribution in [0.3, 0.4) is 0 Å². The summed E-state index contributed by atoms with van der Waals surface area (Å²) < 4.78 is 1.76. The van der Waals surface area contributed by atoms with E-state index in [1.54, 1.807) is 0 Å². The standard InChI is InChI=1S/C13H15BrN4OS2/c1-3-15-12-17-18-13(21-12)20-7-11(19)16-9-5-4-8(2)10(14)6-9/h4-6H,3,7H2,1-2H3,(H,15,17)(H,16,19). The van der Waals surface area contributed by atoms with Gasteiger partial charge < -0.3 is 10.6 Å². The number of carbonyl (C=O) groups excluding carboxylic acids is 1. The van der Waals surface area contributed by atoms with Crippen LogP contribution in [0.5, 0.6) is 0 Å². The molecular weight excluding hydrogens is 372 g/mol. The second-order valence-electron chi connectivity index (χ2n) is 4.20. The SMILES string of the molecule is CCNc1nnc(SCC(=O)Nc2ccc(C)c(Br)c2)s1. The molecule has 2 rings (SSSR count). The predicted molar refractivity (Wildman–Crippen MR) is 92.3 cm³/mol. The van der Waals surface area contributed by atoms with Crippen molar-refractivity contribution in [1.29, 1.82) is 0 Å². The van der Waals surface area contributed by atoms with Gasteiger partial charge in [0.15, 0.2) is 4.34 Å². The third-order valence-corrected chi connectivity index (χ3v) is 5.39. The van der Waals surface area contributed by atoms with E-state index in [-0.39, 0.29) is 5.91 Å². The first-order valence-corrected chi connectivity index (χ1v) is 8.94. The van der Waals surface area contributed by atoms with Crippen molar-refractivity contribution >= 4 is 55.8 Å². The Balaban J connectivity index is 1.85. The molecule has 112 valence electrons. The van der Waals surface area contributed by atoms with E-state index in [0.29, 0.717) is 5.75 Å². The molecule has 0 bridgehead atoms. The highest BCUT2D eigenvalue weighted by atomic mass is 79.9. The number of hydrogen-bond acceptors (Lipinski definition) is 6. The highest BCUT2D eigenvalue weighted by Crippen LogP contribution is 2.26. The maximum Gasteiger partial charge on any atom is 0.234 e. The Labute approximate surface area is 140 Å². The Bertz CT molecular complexity index is 632. The number of thioether (sulfide) groups is 1. The topological polar surface area (TPSA) is 66.9 Å². The minimum absolute atomic E-state index is 0.0593. The molecule has 2 N–H and O–H groups in total. The molecule has 0 aliphatic rings. The molecule has 0 saturated heterocycles. The van der Waals surface area contributed by atoms with Crippen molar-refractivity contribution in [2.45, 2.75) is 18.2 Å². The first-order chi connectivity index (χ1) is 10.1. The summed E-state index contributed by atoms with van der Waals surface area (Å²) >= 11 is 6.28. The monoisotopic (exact) mass is 386 g/mol. The Hall–Kier alpha value is -1.12. The van der Waals surface area contributed by atoms with Gasteiger partial charge in [-0.2, -0.15) is 0 Å². The van der Waals surface area contributed by atoms with E-state index in [9.17, 15) is 4.79 Å². The lowest BCUT2D eigenvalue weighted by Crippen LogP contribution is -2.13. The van der Waals surface area contributed by atoms with E-state index < -0.39 is 0 Å². The number of benzene rings is 1. The van der Waals surface area contributed by atoms with Crippen LogP contribution >= 0.6 is 39.0 Å². The minimum Gasteiger partial charge on any atom is -0.360 e. The second-order valence-corrected chi connectivity index (χ2v) is 7.26. The van der Waals surface area contributed by atoms with Crippen molar-refractivity contribution < 1.29 is 4.79 Å². The molecule has 0 unspecified atom stereocenters. The van der Waals surface area contributed by atoms with E-state index in [2.05, 4.69) is 36.8 Å². The number of amides is 1. The maximum absolute atomic E-state index is 11.9. The van der Waals surface area contributed by atoms with Crippen LogP contribution < -0.4 is 10.6 Å². The van der Waals surface area contributed by atoms with E-state index in [4.69, 9.17) is 0 Å². The number of aryl methyl sites for hydroxylation is 1. The van der Waals surface area contributed by atoms with Gasteiger partial charge in [-0.25, -0.2) is 0 Å². The number of nitrogens with one attached hydrogen (secondary N) is 2. The lowest BCUT2D eigenvalue weighted by Gasteiger charge is -2.06. The number of carbonyl (C=O) groups is 1. The molecule has 5 nitrogen and oxygen atoms in total. The largest absolute Gasteiger partial charge is 0.360 e. The predicted octanol–water partition coefficient (Wildman–Crippen LogP) is 3.77. The van der Waals surface area contributed by atoms with Crippen molar-refractivity contribution in [2.75, 3.05) is 22.9 Å². The van der Waals surface area contributed by atoms with Crippen LogP contribution in [0.1, 0.15) is 12.5 Å². The number of hydrogen-bond donors (Lipinski definition) is 2. The Morgan fingerprint density at radius 2 is 2.24 bits per heavy atom.